The fraction of sp³-hybridized carbons (Fsp3) is 0.371. The van der Waals surface area contributed by atoms with Gasteiger partial charge in [0.25, 0.3) is 0 Å². The van der Waals surface area contributed by atoms with Crippen LogP contribution in [0.4, 0.5) is 0 Å². The Balaban J connectivity index is 0.00000334. The molecule has 37 heavy (non-hydrogen) atoms. The second kappa shape index (κ2) is 18.1. The summed E-state index contributed by atoms with van der Waals surface area (Å²) in [4.78, 5) is 2.56. The molecule has 0 spiro atoms. The van der Waals surface area contributed by atoms with Crippen LogP contribution in [0.15, 0.2) is 115 Å². The molecule has 0 atom stereocenters. The van der Waals surface area contributed by atoms with Gasteiger partial charge in [-0.2, -0.15) is 0 Å². The zero-order chi connectivity index (χ0) is 27.6. The summed E-state index contributed by atoms with van der Waals surface area (Å²) in [5.74, 6) is 0.253. The second-order valence-electron chi connectivity index (χ2n) is 9.33. The van der Waals surface area contributed by atoms with Crippen molar-refractivity contribution in [1.29, 1.82) is 0 Å². The molecule has 0 amide bonds. The number of unbranched alkanes of at least 4 members (excludes halogenated alkanes) is 1. The van der Waals surface area contributed by atoms with E-state index >= 15 is 0 Å². The van der Waals surface area contributed by atoms with E-state index in [4.69, 9.17) is 0 Å². The first-order valence-corrected chi connectivity index (χ1v) is 13.7. The third-order valence-corrected chi connectivity index (χ3v) is 6.41. The lowest BCUT2D eigenvalue weighted by Gasteiger charge is -2.29. The van der Waals surface area contributed by atoms with E-state index in [2.05, 4.69) is 126 Å². The predicted octanol–water partition coefficient (Wildman–Crippen LogP) is 10.0. The summed E-state index contributed by atoms with van der Waals surface area (Å²) < 4.78 is 0. The summed E-state index contributed by atoms with van der Waals surface area (Å²) in [5, 5.41) is 9.48. The van der Waals surface area contributed by atoms with Crippen LogP contribution < -0.4 is 0 Å². The minimum Gasteiger partial charge on any atom is -0.513 e. The molecule has 0 saturated heterocycles. The van der Waals surface area contributed by atoms with Gasteiger partial charge in [0.2, 0.25) is 0 Å². The lowest BCUT2D eigenvalue weighted by Crippen LogP contribution is -2.25. The number of aliphatic hydroxyl groups excluding tert-OH is 1. The highest BCUT2D eigenvalue weighted by atomic mass is 16.3. The minimum absolute atomic E-state index is 0.253. The smallest absolute Gasteiger partial charge is 0.0854 e. The van der Waals surface area contributed by atoms with Gasteiger partial charge in [0.15, 0.2) is 0 Å². The molecule has 0 bridgehead atoms. The SMILES string of the molecule is C=C.C=C(O)CCc1ccc(CN(CCCC)C2=CCC=CC(C(/C=C\C)=C/C=C/CC)=C2C)cc1C. The molecule has 2 heteroatoms. The van der Waals surface area contributed by atoms with Crippen LogP contribution in [0, 0.1) is 6.92 Å². The van der Waals surface area contributed by atoms with Crippen molar-refractivity contribution in [3.63, 3.8) is 0 Å². The summed E-state index contributed by atoms with van der Waals surface area (Å²) in [6.07, 6.45) is 23.7. The van der Waals surface area contributed by atoms with Gasteiger partial charge in [-0.05, 0) is 79.9 Å². The van der Waals surface area contributed by atoms with Gasteiger partial charge >= 0.3 is 0 Å². The van der Waals surface area contributed by atoms with Gasteiger partial charge in [-0.25, -0.2) is 0 Å². The number of aliphatic hydroxyl groups is 1. The maximum Gasteiger partial charge on any atom is 0.0854 e. The van der Waals surface area contributed by atoms with Crippen LogP contribution >= 0.6 is 0 Å². The number of rotatable bonds is 13. The number of allylic oxidation sites excluding steroid dienone is 12. The highest BCUT2D eigenvalue weighted by molar-refractivity contribution is 5.55. The van der Waals surface area contributed by atoms with E-state index in [9.17, 15) is 5.11 Å². The lowest BCUT2D eigenvalue weighted by molar-refractivity contribution is 0.334. The standard InChI is InChI=1S/C33H45NO.C2H4/c1-7-10-12-16-31(15-9-3)32-17-13-14-18-33(28(32)6)34(23-11-8-2)25-29-20-22-30(26(4)24-29)21-19-27(5)35;1-2/h9-10,12-13,15-18,20,22,24,35H,5,7-8,11,14,19,21,23,25H2,1-4,6H3;1-2H2/b12-10+,15-9-,31-16+;. The third kappa shape index (κ3) is 10.7. The van der Waals surface area contributed by atoms with Gasteiger partial charge in [-0.1, -0.05) is 93.7 Å². The van der Waals surface area contributed by atoms with E-state index in [0.717, 1.165) is 32.4 Å². The topological polar surface area (TPSA) is 23.5 Å². The molecule has 1 N–H and O–H groups in total. The normalized spacial score (nSPS) is 14.0. The van der Waals surface area contributed by atoms with Crippen LogP contribution in [0.25, 0.3) is 0 Å². The van der Waals surface area contributed by atoms with Crippen molar-refractivity contribution in [1.82, 2.24) is 4.90 Å². The van der Waals surface area contributed by atoms with Crippen LogP contribution in [-0.2, 0) is 13.0 Å². The van der Waals surface area contributed by atoms with E-state index in [1.165, 1.54) is 51.9 Å². The third-order valence-electron chi connectivity index (χ3n) is 6.41. The highest BCUT2D eigenvalue weighted by Gasteiger charge is 2.17. The average molecular weight is 500 g/mol. The average Bonchev–Trinajstić information content (AvgIpc) is 3.08. The number of hydrogen-bond donors (Lipinski definition) is 1. The fourth-order valence-electron chi connectivity index (χ4n) is 4.45. The summed E-state index contributed by atoms with van der Waals surface area (Å²) in [7, 11) is 0. The van der Waals surface area contributed by atoms with E-state index in [1.54, 1.807) is 0 Å². The molecule has 1 aromatic carbocycles. The van der Waals surface area contributed by atoms with Crippen molar-refractivity contribution in [3.8, 4) is 0 Å². The first kappa shape index (κ1) is 31.8. The molecular formula is C35H49NO. The van der Waals surface area contributed by atoms with E-state index in [1.807, 2.05) is 0 Å². The first-order valence-electron chi connectivity index (χ1n) is 13.7. The monoisotopic (exact) mass is 499 g/mol. The summed E-state index contributed by atoms with van der Waals surface area (Å²) in [6, 6.07) is 6.78. The van der Waals surface area contributed by atoms with Crippen LogP contribution in [-0.4, -0.2) is 16.6 Å². The Morgan fingerprint density at radius 3 is 2.54 bits per heavy atom. The molecule has 0 aliphatic heterocycles. The maximum atomic E-state index is 9.48. The number of hydrogen-bond acceptors (Lipinski definition) is 2. The predicted molar refractivity (Wildman–Crippen MR) is 165 cm³/mol. The fourth-order valence-corrected chi connectivity index (χ4v) is 4.45. The van der Waals surface area contributed by atoms with Crippen molar-refractivity contribution in [2.75, 3.05) is 6.54 Å². The Hall–Kier alpha value is -3.26. The van der Waals surface area contributed by atoms with E-state index in [0.29, 0.717) is 6.42 Å². The molecule has 1 aliphatic carbocycles. The summed E-state index contributed by atoms with van der Waals surface area (Å²) in [5.41, 5.74) is 9.11. The zero-order valence-corrected chi connectivity index (χ0v) is 24.0. The molecule has 1 aliphatic rings. The molecule has 200 valence electrons. The number of nitrogens with zero attached hydrogens (tertiary/aromatic N) is 1. The Labute approximate surface area is 227 Å². The Morgan fingerprint density at radius 2 is 1.92 bits per heavy atom. The Kier molecular flexibility index (Phi) is 15.5. The van der Waals surface area contributed by atoms with Gasteiger partial charge in [-0.3, -0.25) is 0 Å². The molecule has 0 aromatic heterocycles. The van der Waals surface area contributed by atoms with Crippen molar-refractivity contribution < 1.29 is 5.11 Å². The van der Waals surface area contributed by atoms with Crippen LogP contribution in [0.3, 0.4) is 0 Å². The molecule has 2 rings (SSSR count). The van der Waals surface area contributed by atoms with E-state index in [-0.39, 0.29) is 5.76 Å². The van der Waals surface area contributed by atoms with Crippen molar-refractivity contribution in [2.24, 2.45) is 0 Å². The molecule has 0 radical (unpaired) electrons. The maximum absolute atomic E-state index is 9.48. The molecule has 0 saturated carbocycles. The lowest BCUT2D eigenvalue weighted by atomic mass is 9.96. The number of benzene rings is 1. The number of aryl methyl sites for hydroxylation is 2. The van der Waals surface area contributed by atoms with Crippen molar-refractivity contribution in [2.45, 2.75) is 79.7 Å². The van der Waals surface area contributed by atoms with Crippen LogP contribution in [0.2, 0.25) is 0 Å². The highest BCUT2D eigenvalue weighted by Crippen LogP contribution is 2.30. The molecule has 1 aromatic rings. The first-order chi connectivity index (χ1) is 17.9. The van der Waals surface area contributed by atoms with Crippen LogP contribution in [0.5, 0.6) is 0 Å². The summed E-state index contributed by atoms with van der Waals surface area (Å²) >= 11 is 0. The van der Waals surface area contributed by atoms with E-state index < -0.39 is 0 Å². The van der Waals surface area contributed by atoms with Crippen molar-refractivity contribution in [3.05, 3.63) is 131 Å². The Morgan fingerprint density at radius 1 is 1.16 bits per heavy atom. The van der Waals surface area contributed by atoms with Gasteiger partial charge < -0.3 is 10.0 Å². The molecule has 0 heterocycles. The Bertz CT molecular complexity index is 1050. The van der Waals surface area contributed by atoms with Gasteiger partial charge in [0.1, 0.15) is 0 Å². The van der Waals surface area contributed by atoms with Crippen molar-refractivity contribution >= 4 is 0 Å². The second-order valence-corrected chi connectivity index (χ2v) is 9.33. The van der Waals surface area contributed by atoms with Gasteiger partial charge in [0, 0.05) is 25.2 Å². The molecule has 2 nitrogen and oxygen atoms in total. The quantitative estimate of drug-likeness (QED) is 0.166. The van der Waals surface area contributed by atoms with Gasteiger partial charge in [0.05, 0.1) is 5.76 Å². The zero-order valence-electron chi connectivity index (χ0n) is 24.0. The minimum atomic E-state index is 0.253. The van der Waals surface area contributed by atoms with Gasteiger partial charge in [-0.15, -0.1) is 13.2 Å². The van der Waals surface area contributed by atoms with Crippen LogP contribution in [0.1, 0.15) is 76.5 Å². The molecule has 0 fully saturated rings. The summed E-state index contributed by atoms with van der Waals surface area (Å²) in [6.45, 7) is 22.5. The molecule has 0 unspecified atom stereocenters. The largest absolute Gasteiger partial charge is 0.513 e. The molecular weight excluding hydrogens is 450 g/mol.